The number of thiophene rings is 1. The molecule has 0 radical (unpaired) electrons. The fraction of sp³-hybridized carbons (Fsp3) is 0.333. The van der Waals surface area contributed by atoms with Gasteiger partial charge < -0.3 is 5.32 Å². The largest absolute Gasteiger partial charge is 0.370 e. The van der Waals surface area contributed by atoms with Crippen LogP contribution in [0.5, 0.6) is 0 Å². The molecule has 0 amide bonds. The van der Waals surface area contributed by atoms with Gasteiger partial charge in [-0.05, 0) is 44.4 Å². The number of anilines is 1. The molecule has 0 saturated heterocycles. The van der Waals surface area contributed by atoms with Crippen molar-refractivity contribution in [2.45, 2.75) is 27.3 Å². The molecule has 0 aliphatic rings. The van der Waals surface area contributed by atoms with Crippen molar-refractivity contribution in [2.75, 3.05) is 5.32 Å². The van der Waals surface area contributed by atoms with E-state index in [1.807, 2.05) is 6.92 Å². The summed E-state index contributed by atoms with van der Waals surface area (Å²) in [5.41, 5.74) is 1.54. The van der Waals surface area contributed by atoms with Crippen LogP contribution in [-0.2, 0) is 6.54 Å². The van der Waals surface area contributed by atoms with Gasteiger partial charge in [-0.2, -0.15) is 4.37 Å². The number of aryl methyl sites for hydroxylation is 2. The number of aromatic nitrogens is 1. The number of hydrogen-bond donors (Lipinski definition) is 1. The second-order valence-corrected chi connectivity index (χ2v) is 6.04. The molecule has 2 aromatic heterocycles. The zero-order valence-corrected chi connectivity index (χ0v) is 11.7. The van der Waals surface area contributed by atoms with Gasteiger partial charge in [0.25, 0.3) is 0 Å². The van der Waals surface area contributed by atoms with Gasteiger partial charge >= 0.3 is 0 Å². The summed E-state index contributed by atoms with van der Waals surface area (Å²) in [7, 11) is 0. The molecule has 1 N–H and O–H groups in total. The zero-order chi connectivity index (χ0) is 12.4. The van der Waals surface area contributed by atoms with E-state index in [0.717, 1.165) is 22.8 Å². The second kappa shape index (κ2) is 4.98. The van der Waals surface area contributed by atoms with E-state index in [1.165, 1.54) is 21.3 Å². The van der Waals surface area contributed by atoms with Gasteiger partial charge in [0, 0.05) is 9.75 Å². The van der Waals surface area contributed by atoms with E-state index in [-0.39, 0.29) is 5.78 Å². The summed E-state index contributed by atoms with van der Waals surface area (Å²) in [5, 5.41) is 4.17. The number of carbonyl (C=O) groups is 1. The minimum Gasteiger partial charge on any atom is -0.370 e. The summed E-state index contributed by atoms with van der Waals surface area (Å²) in [6.45, 7) is 6.29. The van der Waals surface area contributed by atoms with Gasteiger partial charge in [-0.3, -0.25) is 4.79 Å². The molecule has 0 spiro atoms. The third kappa shape index (κ3) is 2.73. The molecule has 0 unspecified atom stereocenters. The van der Waals surface area contributed by atoms with Gasteiger partial charge in [-0.1, -0.05) is 0 Å². The number of hydrogen-bond acceptors (Lipinski definition) is 5. The van der Waals surface area contributed by atoms with Crippen molar-refractivity contribution in [3.63, 3.8) is 0 Å². The third-order valence-electron chi connectivity index (χ3n) is 2.43. The quantitative estimate of drug-likeness (QED) is 0.859. The maximum Gasteiger partial charge on any atom is 0.164 e. The van der Waals surface area contributed by atoms with Crippen LogP contribution in [-0.4, -0.2) is 10.2 Å². The first-order chi connectivity index (χ1) is 8.08. The lowest BCUT2D eigenvalue weighted by Gasteiger charge is -2.03. The van der Waals surface area contributed by atoms with E-state index < -0.39 is 0 Å². The molecule has 2 rings (SSSR count). The molecule has 0 fully saturated rings. The Kier molecular flexibility index (Phi) is 3.59. The van der Waals surface area contributed by atoms with Crippen LogP contribution in [0.2, 0.25) is 0 Å². The van der Waals surface area contributed by atoms with Crippen LogP contribution in [0.4, 0.5) is 5.00 Å². The normalized spacial score (nSPS) is 10.5. The number of nitrogens with zero attached hydrogens (tertiary/aromatic N) is 1. The van der Waals surface area contributed by atoms with Crippen molar-refractivity contribution in [3.05, 3.63) is 33.1 Å². The molecule has 17 heavy (non-hydrogen) atoms. The molecule has 0 aliphatic heterocycles. The van der Waals surface area contributed by atoms with E-state index in [2.05, 4.69) is 28.7 Å². The van der Waals surface area contributed by atoms with Crippen LogP contribution >= 0.6 is 22.9 Å². The molecule has 2 aromatic rings. The number of carbonyl (C=O) groups excluding carboxylic acids is 1. The third-order valence-corrected chi connectivity index (χ3v) is 4.33. The summed E-state index contributed by atoms with van der Waals surface area (Å²) in [5.74, 6) is 0.0705. The minimum absolute atomic E-state index is 0.0705. The lowest BCUT2D eigenvalue weighted by Crippen LogP contribution is -2.02. The summed E-state index contributed by atoms with van der Waals surface area (Å²) < 4.78 is 4.22. The zero-order valence-electron chi connectivity index (χ0n) is 10.0. The molecule has 3 nitrogen and oxygen atoms in total. The molecular weight excluding hydrogens is 252 g/mol. The highest BCUT2D eigenvalue weighted by atomic mass is 32.1. The van der Waals surface area contributed by atoms with Crippen LogP contribution in [0.25, 0.3) is 0 Å². The summed E-state index contributed by atoms with van der Waals surface area (Å²) in [4.78, 5) is 14.1. The first kappa shape index (κ1) is 12.3. The minimum atomic E-state index is 0.0705. The predicted octanol–water partition coefficient (Wildman–Crippen LogP) is 3.64. The lowest BCUT2D eigenvalue weighted by atomic mass is 10.2. The summed E-state index contributed by atoms with van der Waals surface area (Å²) >= 11 is 3.12. The second-order valence-electron chi connectivity index (χ2n) is 3.89. The first-order valence-corrected chi connectivity index (χ1v) is 6.93. The highest BCUT2D eigenvalue weighted by molar-refractivity contribution is 7.12. The van der Waals surface area contributed by atoms with Gasteiger partial charge in [0.1, 0.15) is 5.00 Å². The Hall–Kier alpha value is -1.20. The molecule has 2 heterocycles. The fourth-order valence-corrected chi connectivity index (χ4v) is 3.32. The van der Waals surface area contributed by atoms with Gasteiger partial charge in [0.05, 0.1) is 17.8 Å². The smallest absolute Gasteiger partial charge is 0.164 e. The van der Waals surface area contributed by atoms with Crippen LogP contribution < -0.4 is 5.32 Å². The highest BCUT2D eigenvalue weighted by Crippen LogP contribution is 2.26. The lowest BCUT2D eigenvalue weighted by molar-refractivity contribution is 0.101. The van der Waals surface area contributed by atoms with Crippen LogP contribution in [0.1, 0.15) is 32.7 Å². The predicted molar refractivity (Wildman–Crippen MR) is 73.2 cm³/mol. The molecule has 5 heteroatoms. The standard InChI is InChI=1S/C12H14N2OS2/c1-7-4-5-10(16-7)6-13-12-11(9(3)15)8(2)14-17-12/h4-5,13H,6H2,1-3H3. The summed E-state index contributed by atoms with van der Waals surface area (Å²) in [6, 6.07) is 4.21. The average Bonchev–Trinajstić information content (AvgIpc) is 2.82. The van der Waals surface area contributed by atoms with E-state index in [1.54, 1.807) is 18.3 Å². The van der Waals surface area contributed by atoms with Crippen molar-refractivity contribution in [2.24, 2.45) is 0 Å². The van der Waals surface area contributed by atoms with Gasteiger partial charge in [-0.15, -0.1) is 11.3 Å². The van der Waals surface area contributed by atoms with Crippen LogP contribution in [0.3, 0.4) is 0 Å². The molecular formula is C12H14N2OS2. The van der Waals surface area contributed by atoms with Crippen molar-refractivity contribution >= 4 is 33.7 Å². The fourth-order valence-electron chi connectivity index (χ4n) is 1.65. The van der Waals surface area contributed by atoms with Crippen LogP contribution in [0, 0.1) is 13.8 Å². The Bertz CT molecular complexity index is 542. The molecule has 90 valence electrons. The Labute approximate surface area is 109 Å². The first-order valence-electron chi connectivity index (χ1n) is 5.34. The van der Waals surface area contributed by atoms with Crippen molar-refractivity contribution < 1.29 is 4.79 Å². The Morgan fingerprint density at radius 2 is 2.18 bits per heavy atom. The Morgan fingerprint density at radius 3 is 2.76 bits per heavy atom. The monoisotopic (exact) mass is 266 g/mol. The molecule has 0 bridgehead atoms. The maximum atomic E-state index is 11.5. The van der Waals surface area contributed by atoms with Gasteiger partial charge in [0.2, 0.25) is 0 Å². The SMILES string of the molecule is CC(=O)c1c(C)nsc1NCc1ccc(C)s1. The Morgan fingerprint density at radius 1 is 1.41 bits per heavy atom. The Balaban J connectivity index is 2.11. The number of rotatable bonds is 4. The molecule has 0 saturated carbocycles. The molecule has 0 aromatic carbocycles. The van der Waals surface area contributed by atoms with E-state index >= 15 is 0 Å². The van der Waals surface area contributed by atoms with Crippen molar-refractivity contribution in [3.8, 4) is 0 Å². The maximum absolute atomic E-state index is 11.5. The van der Waals surface area contributed by atoms with Crippen molar-refractivity contribution in [1.82, 2.24) is 4.37 Å². The number of ketones is 1. The average molecular weight is 266 g/mol. The number of Topliss-reactive ketones (excluding diaryl/α,β-unsaturated/α-hetero) is 1. The topological polar surface area (TPSA) is 42.0 Å². The van der Waals surface area contributed by atoms with Gasteiger partial charge in [0.15, 0.2) is 5.78 Å². The van der Waals surface area contributed by atoms with Gasteiger partial charge in [-0.25, -0.2) is 0 Å². The molecule has 0 aliphatic carbocycles. The van der Waals surface area contributed by atoms with E-state index in [0.29, 0.717) is 0 Å². The van der Waals surface area contributed by atoms with E-state index in [4.69, 9.17) is 0 Å². The molecule has 0 atom stereocenters. The van der Waals surface area contributed by atoms with Crippen molar-refractivity contribution in [1.29, 1.82) is 0 Å². The van der Waals surface area contributed by atoms with E-state index in [9.17, 15) is 4.79 Å². The summed E-state index contributed by atoms with van der Waals surface area (Å²) in [6.07, 6.45) is 0. The van der Waals surface area contributed by atoms with Crippen LogP contribution in [0.15, 0.2) is 12.1 Å². The highest BCUT2D eigenvalue weighted by Gasteiger charge is 2.14. The number of nitrogens with one attached hydrogen (secondary N) is 1.